The Morgan fingerprint density at radius 1 is 1.18 bits per heavy atom. The topological polar surface area (TPSA) is 70.8 Å². The van der Waals surface area contributed by atoms with E-state index < -0.39 is 0 Å². The van der Waals surface area contributed by atoms with E-state index >= 15 is 0 Å². The number of hydrogen-bond donors (Lipinski definition) is 0. The van der Waals surface area contributed by atoms with Crippen molar-refractivity contribution >= 4 is 27.3 Å². The molecule has 0 radical (unpaired) electrons. The third-order valence-electron chi connectivity index (χ3n) is 6.00. The second kappa shape index (κ2) is 8.19. The lowest BCUT2D eigenvalue weighted by Crippen LogP contribution is -2.45. The number of carbonyl (C=O) groups is 1. The minimum absolute atomic E-state index is 0.111. The Hall–Kier alpha value is -1.96. The Kier molecular flexibility index (Phi) is 5.66. The molecule has 0 saturated carbocycles. The summed E-state index contributed by atoms with van der Waals surface area (Å²) in [5.74, 6) is 1.19. The van der Waals surface area contributed by atoms with Crippen molar-refractivity contribution in [2.75, 3.05) is 31.1 Å². The van der Waals surface area contributed by atoms with Crippen LogP contribution in [0, 0.1) is 11.8 Å². The molecule has 7 nitrogen and oxygen atoms in total. The molecule has 2 aromatic heterocycles. The van der Waals surface area contributed by atoms with Crippen molar-refractivity contribution in [3.8, 4) is 0 Å². The lowest BCUT2D eigenvalue weighted by Gasteiger charge is -2.36. The minimum Gasteiger partial charge on any atom is -0.347 e. The van der Waals surface area contributed by atoms with Crippen LogP contribution in [-0.4, -0.2) is 51.6 Å². The maximum atomic E-state index is 12.8. The average molecular weight is 404 g/mol. The lowest BCUT2D eigenvalue weighted by molar-refractivity contribution is -0.137. The van der Waals surface area contributed by atoms with E-state index in [0.29, 0.717) is 10.9 Å². The summed E-state index contributed by atoms with van der Waals surface area (Å²) in [6.45, 7) is 7.77. The molecule has 2 saturated heterocycles. The van der Waals surface area contributed by atoms with Crippen LogP contribution in [0.5, 0.6) is 0 Å². The molecule has 1 amide bonds. The van der Waals surface area contributed by atoms with Crippen LogP contribution in [0.3, 0.4) is 0 Å². The van der Waals surface area contributed by atoms with Crippen molar-refractivity contribution in [1.29, 1.82) is 0 Å². The number of hydrogen-bond acceptors (Lipinski definition) is 6. The highest BCUT2D eigenvalue weighted by molar-refractivity contribution is 7.20. The number of aromatic nitrogens is 3. The first-order valence-corrected chi connectivity index (χ1v) is 11.3. The van der Waals surface area contributed by atoms with Crippen LogP contribution in [0.4, 0.5) is 5.13 Å². The molecule has 2 aromatic rings. The summed E-state index contributed by atoms with van der Waals surface area (Å²) >= 11 is 1.47. The molecule has 0 spiro atoms. The molecule has 2 aliphatic heterocycles. The molecule has 0 bridgehead atoms. The fourth-order valence-electron chi connectivity index (χ4n) is 4.16. The van der Waals surface area contributed by atoms with E-state index in [9.17, 15) is 9.59 Å². The number of likely N-dealkylation sites (tertiary alicyclic amines) is 1. The maximum Gasteiger partial charge on any atom is 0.275 e. The number of piperidine rings is 2. The van der Waals surface area contributed by atoms with Gasteiger partial charge in [0.2, 0.25) is 16.0 Å². The van der Waals surface area contributed by atoms with Gasteiger partial charge in [-0.25, -0.2) is 4.98 Å². The van der Waals surface area contributed by atoms with Gasteiger partial charge >= 0.3 is 0 Å². The zero-order valence-electron chi connectivity index (χ0n) is 16.8. The molecule has 0 atom stereocenters. The van der Waals surface area contributed by atoms with Crippen molar-refractivity contribution < 1.29 is 4.79 Å². The zero-order chi connectivity index (χ0) is 19.7. The fraction of sp³-hybridized carbons (Fsp3) is 0.700. The van der Waals surface area contributed by atoms with E-state index in [1.807, 2.05) is 0 Å². The van der Waals surface area contributed by atoms with Crippen LogP contribution in [0.2, 0.25) is 0 Å². The van der Waals surface area contributed by atoms with Gasteiger partial charge in [0.25, 0.3) is 5.56 Å². The Bertz CT molecular complexity index is 892. The van der Waals surface area contributed by atoms with Crippen LogP contribution in [0.15, 0.2) is 10.9 Å². The Morgan fingerprint density at radius 2 is 1.89 bits per heavy atom. The summed E-state index contributed by atoms with van der Waals surface area (Å²) in [4.78, 5) is 34.6. The number of anilines is 1. The van der Waals surface area contributed by atoms with Gasteiger partial charge in [0.1, 0.15) is 0 Å². The summed E-state index contributed by atoms with van der Waals surface area (Å²) in [6.07, 6.45) is 5.72. The number of rotatable bonds is 4. The second-order valence-corrected chi connectivity index (χ2v) is 9.12. The van der Waals surface area contributed by atoms with E-state index in [2.05, 4.69) is 33.7 Å². The third-order valence-corrected chi connectivity index (χ3v) is 6.97. The van der Waals surface area contributed by atoms with Crippen molar-refractivity contribution in [3.63, 3.8) is 0 Å². The average Bonchev–Trinajstić information content (AvgIpc) is 3.13. The van der Waals surface area contributed by atoms with Crippen LogP contribution in [0.25, 0.3) is 4.96 Å². The Labute approximate surface area is 169 Å². The molecule has 2 aliphatic rings. The molecule has 28 heavy (non-hydrogen) atoms. The van der Waals surface area contributed by atoms with Gasteiger partial charge < -0.3 is 9.80 Å². The lowest BCUT2D eigenvalue weighted by atomic mass is 9.93. The summed E-state index contributed by atoms with van der Waals surface area (Å²) in [5, 5.41) is 5.33. The van der Waals surface area contributed by atoms with Crippen LogP contribution >= 0.6 is 11.3 Å². The van der Waals surface area contributed by atoms with Crippen molar-refractivity contribution in [3.05, 3.63) is 22.1 Å². The third kappa shape index (κ3) is 3.92. The Morgan fingerprint density at radius 3 is 2.57 bits per heavy atom. The van der Waals surface area contributed by atoms with Gasteiger partial charge in [-0.05, 0) is 38.0 Å². The van der Waals surface area contributed by atoms with E-state index in [1.54, 1.807) is 6.07 Å². The Balaban J connectivity index is 1.41. The van der Waals surface area contributed by atoms with Crippen molar-refractivity contribution in [1.82, 2.24) is 19.5 Å². The van der Waals surface area contributed by atoms with Crippen LogP contribution < -0.4 is 10.5 Å². The van der Waals surface area contributed by atoms with Gasteiger partial charge in [0.05, 0.1) is 0 Å². The number of nitrogens with zero attached hydrogens (tertiary/aromatic N) is 5. The highest BCUT2D eigenvalue weighted by Gasteiger charge is 2.31. The summed E-state index contributed by atoms with van der Waals surface area (Å²) < 4.78 is 1.41. The molecule has 0 unspecified atom stereocenters. The van der Waals surface area contributed by atoms with E-state index in [-0.39, 0.29) is 11.5 Å². The fourth-order valence-corrected chi connectivity index (χ4v) is 5.14. The van der Waals surface area contributed by atoms with Gasteiger partial charge in [0.15, 0.2) is 0 Å². The minimum atomic E-state index is -0.111. The van der Waals surface area contributed by atoms with Gasteiger partial charge in [-0.15, -0.1) is 5.10 Å². The molecule has 4 rings (SSSR count). The van der Waals surface area contributed by atoms with Gasteiger partial charge in [-0.2, -0.15) is 4.52 Å². The number of aryl methyl sites for hydroxylation is 1. The molecule has 0 aliphatic carbocycles. The largest absolute Gasteiger partial charge is 0.347 e. The van der Waals surface area contributed by atoms with Gasteiger partial charge in [-0.3, -0.25) is 9.59 Å². The smallest absolute Gasteiger partial charge is 0.275 e. The number of amides is 1. The summed E-state index contributed by atoms with van der Waals surface area (Å²) in [6, 6.07) is 1.59. The first-order chi connectivity index (χ1) is 13.5. The normalized spacial score (nSPS) is 19.5. The van der Waals surface area contributed by atoms with E-state index in [0.717, 1.165) is 81.4 Å². The quantitative estimate of drug-likeness (QED) is 0.785. The van der Waals surface area contributed by atoms with E-state index in [4.69, 9.17) is 0 Å². The summed E-state index contributed by atoms with van der Waals surface area (Å²) in [5.41, 5.74) is 0.725. The molecule has 0 N–H and O–H groups in total. The zero-order valence-corrected chi connectivity index (χ0v) is 17.6. The highest BCUT2D eigenvalue weighted by Crippen LogP contribution is 2.28. The van der Waals surface area contributed by atoms with Crippen LogP contribution in [-0.2, 0) is 11.2 Å². The first kappa shape index (κ1) is 19.4. The SMILES string of the molecule is CCCc1cc(=O)n2nc(N3CCC(C(=O)N4CCC(C)CC4)CC3)sc2n1. The number of fused-ring (bicyclic) bond motifs is 1. The van der Waals surface area contributed by atoms with E-state index in [1.165, 1.54) is 15.9 Å². The van der Waals surface area contributed by atoms with Gasteiger partial charge in [-0.1, -0.05) is 31.6 Å². The number of carbonyl (C=O) groups excluding carboxylic acids is 1. The maximum absolute atomic E-state index is 12.8. The molecule has 0 aromatic carbocycles. The highest BCUT2D eigenvalue weighted by atomic mass is 32.1. The first-order valence-electron chi connectivity index (χ1n) is 10.5. The van der Waals surface area contributed by atoms with Crippen LogP contribution in [0.1, 0.15) is 51.6 Å². The predicted octanol–water partition coefficient (Wildman–Crippen LogP) is 2.58. The molecule has 8 heteroatoms. The molecular weight excluding hydrogens is 374 g/mol. The predicted molar refractivity (Wildman–Crippen MR) is 111 cm³/mol. The second-order valence-electron chi connectivity index (χ2n) is 8.18. The molecule has 2 fully saturated rings. The monoisotopic (exact) mass is 403 g/mol. The molecular formula is C20H29N5O2S. The summed E-state index contributed by atoms with van der Waals surface area (Å²) in [7, 11) is 0. The van der Waals surface area contributed by atoms with Crippen molar-refractivity contribution in [2.24, 2.45) is 11.8 Å². The molecule has 152 valence electrons. The molecule has 4 heterocycles. The van der Waals surface area contributed by atoms with Crippen molar-refractivity contribution in [2.45, 2.75) is 52.4 Å². The standard InChI is InChI=1S/C20H29N5O2S/c1-3-4-16-13-17(26)25-19(21-16)28-20(22-25)24-11-7-15(8-12-24)18(27)23-9-5-14(2)6-10-23/h13-15H,3-12H2,1-2H3. The van der Waals surface area contributed by atoms with Gasteiger partial charge in [0, 0.05) is 43.9 Å².